The van der Waals surface area contributed by atoms with Gasteiger partial charge in [0.2, 0.25) is 0 Å². The van der Waals surface area contributed by atoms with Crippen LogP contribution >= 0.6 is 43.5 Å². The lowest BCUT2D eigenvalue weighted by Gasteiger charge is -2.31. The van der Waals surface area contributed by atoms with Crippen molar-refractivity contribution >= 4 is 43.5 Å². The average molecular weight is 399 g/mol. The monoisotopic (exact) mass is 396 g/mol. The lowest BCUT2D eigenvalue weighted by Crippen LogP contribution is -2.30. The molecule has 0 radical (unpaired) electrons. The molecule has 1 aromatic carbocycles. The molecule has 0 atom stereocenters. The Morgan fingerprint density at radius 3 is 2.22 bits per heavy atom. The third-order valence-electron chi connectivity index (χ3n) is 3.22. The second-order valence-electron chi connectivity index (χ2n) is 4.50. The zero-order chi connectivity index (χ0) is 13.4. The molecule has 0 aromatic heterocycles. The highest BCUT2D eigenvalue weighted by atomic mass is 79.9. The minimum Gasteiger partial charge on any atom is -0.385 e. The van der Waals surface area contributed by atoms with Crippen LogP contribution in [0.4, 0.5) is 0 Å². The smallest absolute Gasteiger partial charge is 0.0462 e. The Kier molecular flexibility index (Phi) is 7.85. The van der Waals surface area contributed by atoms with Crippen molar-refractivity contribution in [1.29, 1.82) is 0 Å². The SMILES string of the molecule is COCCCCC(CBr)(CBr)c1ccc(Cl)cc1. The maximum atomic E-state index is 5.95. The van der Waals surface area contributed by atoms with E-state index in [1.807, 2.05) is 12.1 Å². The summed E-state index contributed by atoms with van der Waals surface area (Å²) in [7, 11) is 1.75. The first-order chi connectivity index (χ1) is 8.68. The van der Waals surface area contributed by atoms with Gasteiger partial charge in [-0.15, -0.1) is 0 Å². The molecule has 0 aliphatic rings. The Balaban J connectivity index is 2.75. The fraction of sp³-hybridized carbons (Fsp3) is 0.571. The summed E-state index contributed by atoms with van der Waals surface area (Å²) in [5.74, 6) is 0. The van der Waals surface area contributed by atoms with Crippen LogP contribution in [-0.2, 0) is 10.2 Å². The van der Waals surface area contributed by atoms with Gasteiger partial charge in [-0.25, -0.2) is 0 Å². The Morgan fingerprint density at radius 2 is 1.72 bits per heavy atom. The first kappa shape index (κ1) is 16.5. The molecule has 0 amide bonds. The Labute approximate surface area is 132 Å². The molecule has 0 fully saturated rings. The van der Waals surface area contributed by atoms with Crippen LogP contribution in [0.3, 0.4) is 0 Å². The average Bonchev–Trinajstić information content (AvgIpc) is 2.41. The van der Waals surface area contributed by atoms with Crippen molar-refractivity contribution in [3.63, 3.8) is 0 Å². The fourth-order valence-electron chi connectivity index (χ4n) is 1.98. The van der Waals surface area contributed by atoms with Crippen LogP contribution in [0, 0.1) is 0 Å². The standard InChI is InChI=1S/C14H19Br2ClO/c1-18-9-3-2-8-14(10-15,11-16)12-4-6-13(17)7-5-12/h4-7H,2-3,8-11H2,1H3. The fourth-order valence-corrected chi connectivity index (χ4v) is 4.24. The maximum absolute atomic E-state index is 5.95. The van der Waals surface area contributed by atoms with Gasteiger partial charge in [0, 0.05) is 34.8 Å². The molecule has 1 nitrogen and oxygen atoms in total. The van der Waals surface area contributed by atoms with E-state index in [9.17, 15) is 0 Å². The minimum absolute atomic E-state index is 0.137. The van der Waals surface area contributed by atoms with Gasteiger partial charge in [0.15, 0.2) is 0 Å². The summed E-state index contributed by atoms with van der Waals surface area (Å²) < 4.78 is 5.10. The van der Waals surface area contributed by atoms with Gasteiger partial charge in [-0.05, 0) is 30.5 Å². The van der Waals surface area contributed by atoms with E-state index in [1.165, 1.54) is 5.56 Å². The Bertz CT molecular complexity index is 336. The molecular formula is C14H19Br2ClO. The van der Waals surface area contributed by atoms with Gasteiger partial charge >= 0.3 is 0 Å². The molecule has 1 rings (SSSR count). The van der Waals surface area contributed by atoms with Crippen LogP contribution in [0.25, 0.3) is 0 Å². The molecule has 0 aliphatic heterocycles. The number of hydrogen-bond donors (Lipinski definition) is 0. The van der Waals surface area contributed by atoms with E-state index in [0.29, 0.717) is 0 Å². The van der Waals surface area contributed by atoms with Crippen molar-refractivity contribution < 1.29 is 4.74 Å². The number of ether oxygens (including phenoxy) is 1. The van der Waals surface area contributed by atoms with E-state index >= 15 is 0 Å². The second kappa shape index (κ2) is 8.57. The summed E-state index contributed by atoms with van der Waals surface area (Å²) in [5.41, 5.74) is 1.47. The van der Waals surface area contributed by atoms with Crippen LogP contribution in [0.1, 0.15) is 24.8 Å². The maximum Gasteiger partial charge on any atom is 0.0462 e. The molecular weight excluding hydrogens is 379 g/mol. The first-order valence-corrected chi connectivity index (χ1v) is 8.67. The van der Waals surface area contributed by atoms with E-state index in [-0.39, 0.29) is 5.41 Å². The van der Waals surface area contributed by atoms with Crippen LogP contribution in [0.5, 0.6) is 0 Å². The van der Waals surface area contributed by atoms with Crippen molar-refractivity contribution in [3.05, 3.63) is 34.9 Å². The third kappa shape index (κ3) is 4.52. The minimum atomic E-state index is 0.137. The highest BCUT2D eigenvalue weighted by Gasteiger charge is 2.29. The van der Waals surface area contributed by atoms with Gasteiger partial charge in [0.25, 0.3) is 0 Å². The van der Waals surface area contributed by atoms with Crippen molar-refractivity contribution in [2.75, 3.05) is 24.4 Å². The van der Waals surface area contributed by atoms with Gasteiger partial charge in [-0.3, -0.25) is 0 Å². The molecule has 0 unspecified atom stereocenters. The highest BCUT2D eigenvalue weighted by Crippen LogP contribution is 2.34. The highest BCUT2D eigenvalue weighted by molar-refractivity contribution is 9.09. The predicted molar refractivity (Wildman–Crippen MR) is 86.4 cm³/mol. The van der Waals surface area contributed by atoms with Crippen molar-refractivity contribution in [2.45, 2.75) is 24.7 Å². The zero-order valence-electron chi connectivity index (χ0n) is 10.6. The molecule has 0 saturated carbocycles. The molecule has 0 bridgehead atoms. The van der Waals surface area contributed by atoms with E-state index in [1.54, 1.807) is 7.11 Å². The summed E-state index contributed by atoms with van der Waals surface area (Å²) in [4.78, 5) is 0. The molecule has 0 N–H and O–H groups in total. The van der Waals surface area contributed by atoms with E-state index in [4.69, 9.17) is 16.3 Å². The normalized spacial score (nSPS) is 11.8. The molecule has 0 spiro atoms. The number of rotatable bonds is 8. The summed E-state index contributed by atoms with van der Waals surface area (Å²) in [5, 5.41) is 2.68. The number of halogens is 3. The lowest BCUT2D eigenvalue weighted by molar-refractivity contribution is 0.190. The number of hydrogen-bond acceptors (Lipinski definition) is 1. The van der Waals surface area contributed by atoms with Crippen molar-refractivity contribution in [1.82, 2.24) is 0 Å². The zero-order valence-corrected chi connectivity index (χ0v) is 14.5. The van der Waals surface area contributed by atoms with Gasteiger partial charge in [-0.2, -0.15) is 0 Å². The summed E-state index contributed by atoms with van der Waals surface area (Å²) >= 11 is 13.3. The van der Waals surface area contributed by atoms with Crippen molar-refractivity contribution in [3.8, 4) is 0 Å². The van der Waals surface area contributed by atoms with Gasteiger partial charge in [0.1, 0.15) is 0 Å². The predicted octanol–water partition coefficient (Wildman–Crippen LogP) is 5.18. The molecule has 0 heterocycles. The van der Waals surface area contributed by atoms with Crippen LogP contribution in [0.2, 0.25) is 5.02 Å². The molecule has 18 heavy (non-hydrogen) atoms. The molecule has 102 valence electrons. The van der Waals surface area contributed by atoms with Crippen LogP contribution < -0.4 is 0 Å². The van der Waals surface area contributed by atoms with Crippen LogP contribution in [0.15, 0.2) is 24.3 Å². The van der Waals surface area contributed by atoms with Crippen LogP contribution in [-0.4, -0.2) is 24.4 Å². The third-order valence-corrected chi connectivity index (χ3v) is 5.62. The Morgan fingerprint density at radius 1 is 1.11 bits per heavy atom. The molecule has 1 aromatic rings. The summed E-state index contributed by atoms with van der Waals surface area (Å²) in [6.07, 6.45) is 3.40. The number of unbranched alkanes of at least 4 members (excludes halogenated alkanes) is 1. The van der Waals surface area contributed by atoms with E-state index < -0.39 is 0 Å². The van der Waals surface area contributed by atoms with Gasteiger partial charge in [0.05, 0.1) is 0 Å². The summed E-state index contributed by atoms with van der Waals surface area (Å²) in [6, 6.07) is 8.18. The molecule has 0 aliphatic carbocycles. The first-order valence-electron chi connectivity index (χ1n) is 6.05. The van der Waals surface area contributed by atoms with Crippen molar-refractivity contribution in [2.24, 2.45) is 0 Å². The van der Waals surface area contributed by atoms with E-state index in [2.05, 4.69) is 44.0 Å². The second-order valence-corrected chi connectivity index (χ2v) is 6.06. The summed E-state index contributed by atoms with van der Waals surface area (Å²) in [6.45, 7) is 0.835. The lowest BCUT2D eigenvalue weighted by atomic mass is 9.80. The topological polar surface area (TPSA) is 9.23 Å². The van der Waals surface area contributed by atoms with Gasteiger partial charge in [-0.1, -0.05) is 62.0 Å². The number of methoxy groups -OCH3 is 1. The largest absolute Gasteiger partial charge is 0.385 e. The van der Waals surface area contributed by atoms with E-state index in [0.717, 1.165) is 41.6 Å². The number of benzene rings is 1. The Hall–Kier alpha value is 0.430. The molecule has 4 heteroatoms. The molecule has 0 saturated heterocycles. The number of alkyl halides is 2. The van der Waals surface area contributed by atoms with Gasteiger partial charge < -0.3 is 4.74 Å². The quantitative estimate of drug-likeness (QED) is 0.433.